The highest BCUT2D eigenvalue weighted by atomic mass is 32.1. The largest absolute Gasteiger partial charge is 0.497 e. The molecule has 0 aliphatic carbocycles. The van der Waals surface area contributed by atoms with Gasteiger partial charge < -0.3 is 9.47 Å². The molecule has 6 heteroatoms. The van der Waals surface area contributed by atoms with Gasteiger partial charge in [0.2, 0.25) is 0 Å². The minimum absolute atomic E-state index is 0.0828. The highest BCUT2D eigenvalue weighted by Crippen LogP contribution is 2.22. The summed E-state index contributed by atoms with van der Waals surface area (Å²) in [5.74, 6) is 1.02. The van der Waals surface area contributed by atoms with Crippen LogP contribution in [-0.4, -0.2) is 24.6 Å². The first-order valence-corrected chi connectivity index (χ1v) is 9.57. The molecule has 0 fully saturated rings. The molecule has 140 valence electrons. The number of carbonyl (C=O) groups excluding carboxylic acids is 1. The Kier molecular flexibility index (Phi) is 6.44. The van der Waals surface area contributed by atoms with Crippen molar-refractivity contribution >= 4 is 22.4 Å². The predicted molar refractivity (Wildman–Crippen MR) is 108 cm³/mol. The molecule has 1 aromatic heterocycles. The first-order chi connectivity index (χ1) is 13.2. The van der Waals surface area contributed by atoms with E-state index in [4.69, 9.17) is 9.47 Å². The van der Waals surface area contributed by atoms with Gasteiger partial charge in [-0.3, -0.25) is 10.1 Å². The fraction of sp³-hybridized carbons (Fsp3) is 0.238. The van der Waals surface area contributed by atoms with E-state index < -0.39 is 0 Å². The molecule has 0 bridgehead atoms. The summed E-state index contributed by atoms with van der Waals surface area (Å²) in [6, 6.07) is 15.7. The Labute approximate surface area is 163 Å². The topological polar surface area (TPSA) is 60.5 Å². The van der Waals surface area contributed by atoms with Gasteiger partial charge in [-0.05, 0) is 29.7 Å². The fourth-order valence-electron chi connectivity index (χ4n) is 2.54. The Bertz CT molecular complexity index is 890. The fourth-order valence-corrected chi connectivity index (χ4v) is 3.40. The van der Waals surface area contributed by atoms with Gasteiger partial charge in [-0.15, -0.1) is 11.3 Å². The van der Waals surface area contributed by atoms with Crippen LogP contribution < -0.4 is 14.8 Å². The third-order valence-corrected chi connectivity index (χ3v) is 4.93. The molecule has 1 N–H and O–H groups in total. The number of carbonyl (C=O) groups is 1. The molecule has 0 saturated heterocycles. The number of hydrogen-bond acceptors (Lipinski definition) is 5. The number of aromatic nitrogens is 1. The van der Waals surface area contributed by atoms with Gasteiger partial charge >= 0.3 is 0 Å². The van der Waals surface area contributed by atoms with Gasteiger partial charge in [-0.25, -0.2) is 4.98 Å². The lowest BCUT2D eigenvalue weighted by molar-refractivity contribution is -0.118. The second-order valence-corrected chi connectivity index (χ2v) is 7.11. The highest BCUT2D eigenvalue weighted by molar-refractivity contribution is 7.15. The predicted octanol–water partition coefficient (Wildman–Crippen LogP) is 4.32. The van der Waals surface area contributed by atoms with Crippen LogP contribution in [0.4, 0.5) is 5.13 Å². The van der Waals surface area contributed by atoms with Crippen molar-refractivity contribution < 1.29 is 14.3 Å². The van der Waals surface area contributed by atoms with Crippen LogP contribution in [0.1, 0.15) is 22.9 Å². The van der Waals surface area contributed by atoms with E-state index in [9.17, 15) is 4.79 Å². The van der Waals surface area contributed by atoms with Crippen LogP contribution >= 0.6 is 11.3 Å². The van der Waals surface area contributed by atoms with E-state index in [1.807, 2.05) is 12.1 Å². The first-order valence-electron chi connectivity index (χ1n) is 8.75. The van der Waals surface area contributed by atoms with Gasteiger partial charge in [0.25, 0.3) is 5.91 Å². The molecule has 0 spiro atoms. The maximum atomic E-state index is 12.1. The summed E-state index contributed by atoms with van der Waals surface area (Å²) in [7, 11) is 1.59. The zero-order valence-corrected chi connectivity index (χ0v) is 16.2. The lowest BCUT2D eigenvalue weighted by atomic mass is 10.1. The van der Waals surface area contributed by atoms with Crippen molar-refractivity contribution in [2.75, 3.05) is 19.0 Å². The molecule has 0 aliphatic rings. The van der Waals surface area contributed by atoms with E-state index in [-0.39, 0.29) is 12.5 Å². The second-order valence-electron chi connectivity index (χ2n) is 5.99. The van der Waals surface area contributed by atoms with Gasteiger partial charge in [-0.1, -0.05) is 37.3 Å². The van der Waals surface area contributed by atoms with Crippen LogP contribution in [0.2, 0.25) is 0 Å². The molecule has 5 nitrogen and oxygen atoms in total. The van der Waals surface area contributed by atoms with Crippen LogP contribution in [0.25, 0.3) is 0 Å². The summed E-state index contributed by atoms with van der Waals surface area (Å²) < 4.78 is 10.6. The summed E-state index contributed by atoms with van der Waals surface area (Å²) in [5.41, 5.74) is 2.56. The number of hydrogen-bond donors (Lipinski definition) is 1. The highest BCUT2D eigenvalue weighted by Gasteiger charge is 2.09. The molecule has 0 unspecified atom stereocenters. The molecule has 0 atom stereocenters. The average Bonchev–Trinajstić information content (AvgIpc) is 3.13. The van der Waals surface area contributed by atoms with Crippen molar-refractivity contribution in [2.24, 2.45) is 0 Å². The number of ether oxygens (including phenoxy) is 2. The molecule has 3 aromatic rings. The van der Waals surface area contributed by atoms with Crippen molar-refractivity contribution in [3.8, 4) is 11.5 Å². The first kappa shape index (κ1) is 18.9. The molecule has 0 aliphatic heterocycles. The van der Waals surface area contributed by atoms with Crippen molar-refractivity contribution in [3.05, 3.63) is 70.7 Å². The SMILES string of the molecule is CCc1ccc(Cc2cnc(NC(=O)COc3cccc(OC)c3)s2)cc1. The van der Waals surface area contributed by atoms with Crippen LogP contribution in [0.5, 0.6) is 11.5 Å². The number of benzene rings is 2. The van der Waals surface area contributed by atoms with Crippen LogP contribution in [0.3, 0.4) is 0 Å². The number of methoxy groups -OCH3 is 1. The number of nitrogens with zero attached hydrogens (tertiary/aromatic N) is 1. The molecular weight excluding hydrogens is 360 g/mol. The van der Waals surface area contributed by atoms with E-state index in [1.54, 1.807) is 25.4 Å². The van der Waals surface area contributed by atoms with E-state index in [0.29, 0.717) is 16.6 Å². The average molecular weight is 382 g/mol. The number of aryl methyl sites for hydroxylation is 1. The van der Waals surface area contributed by atoms with Gasteiger partial charge in [-0.2, -0.15) is 0 Å². The van der Waals surface area contributed by atoms with Crippen LogP contribution in [0, 0.1) is 0 Å². The monoisotopic (exact) mass is 382 g/mol. The van der Waals surface area contributed by atoms with Gasteiger partial charge in [0.1, 0.15) is 11.5 Å². The number of nitrogens with one attached hydrogen (secondary N) is 1. The summed E-state index contributed by atoms with van der Waals surface area (Å²) >= 11 is 1.48. The molecule has 3 rings (SSSR count). The normalized spacial score (nSPS) is 10.4. The van der Waals surface area contributed by atoms with E-state index in [1.165, 1.54) is 22.5 Å². The van der Waals surface area contributed by atoms with Crippen molar-refractivity contribution in [2.45, 2.75) is 19.8 Å². The van der Waals surface area contributed by atoms with E-state index >= 15 is 0 Å². The minimum Gasteiger partial charge on any atom is -0.497 e. The maximum absolute atomic E-state index is 12.1. The molecule has 1 amide bonds. The quantitative estimate of drug-likeness (QED) is 0.630. The summed E-state index contributed by atoms with van der Waals surface area (Å²) in [6.07, 6.45) is 3.64. The maximum Gasteiger partial charge on any atom is 0.264 e. The van der Waals surface area contributed by atoms with Gasteiger partial charge in [0.15, 0.2) is 11.7 Å². The van der Waals surface area contributed by atoms with Crippen molar-refractivity contribution in [1.82, 2.24) is 4.98 Å². The van der Waals surface area contributed by atoms with Gasteiger partial charge in [0.05, 0.1) is 7.11 Å². The van der Waals surface area contributed by atoms with Gasteiger partial charge in [0, 0.05) is 23.6 Å². The molecule has 27 heavy (non-hydrogen) atoms. The van der Waals surface area contributed by atoms with Crippen LogP contribution in [0.15, 0.2) is 54.7 Å². The standard InChI is InChI=1S/C21H22N2O3S/c1-3-15-7-9-16(10-8-15)11-19-13-22-21(27-19)23-20(24)14-26-18-6-4-5-17(12-18)25-2/h4-10,12-13H,3,11,14H2,1-2H3,(H,22,23,24). The third kappa shape index (κ3) is 5.56. The zero-order chi connectivity index (χ0) is 19.1. The Morgan fingerprint density at radius 1 is 1.11 bits per heavy atom. The molecule has 0 saturated carbocycles. The lowest BCUT2D eigenvalue weighted by Crippen LogP contribution is -2.19. The van der Waals surface area contributed by atoms with E-state index in [0.717, 1.165) is 17.7 Å². The minimum atomic E-state index is -0.244. The Balaban J connectivity index is 1.51. The molecular formula is C21H22N2O3S. The van der Waals surface area contributed by atoms with Crippen molar-refractivity contribution in [3.63, 3.8) is 0 Å². The Morgan fingerprint density at radius 3 is 2.59 bits per heavy atom. The van der Waals surface area contributed by atoms with E-state index in [2.05, 4.69) is 41.5 Å². The number of rotatable bonds is 8. The molecule has 2 aromatic carbocycles. The number of thiazole rings is 1. The summed E-state index contributed by atoms with van der Waals surface area (Å²) in [4.78, 5) is 17.5. The number of amides is 1. The Hall–Kier alpha value is -2.86. The zero-order valence-electron chi connectivity index (χ0n) is 15.4. The number of anilines is 1. The summed E-state index contributed by atoms with van der Waals surface area (Å²) in [5, 5.41) is 3.36. The second kappa shape index (κ2) is 9.19. The third-order valence-electron chi connectivity index (χ3n) is 4.02. The molecule has 0 radical (unpaired) electrons. The smallest absolute Gasteiger partial charge is 0.264 e. The molecule has 1 heterocycles. The van der Waals surface area contributed by atoms with Crippen molar-refractivity contribution in [1.29, 1.82) is 0 Å². The Morgan fingerprint density at radius 2 is 1.85 bits per heavy atom. The summed E-state index contributed by atoms with van der Waals surface area (Å²) in [6.45, 7) is 2.06. The van der Waals surface area contributed by atoms with Crippen LogP contribution in [-0.2, 0) is 17.6 Å². The lowest BCUT2D eigenvalue weighted by Gasteiger charge is -2.07.